The molecular formula is C19H25NO. The van der Waals surface area contributed by atoms with E-state index in [1.165, 1.54) is 27.8 Å². The van der Waals surface area contributed by atoms with E-state index in [4.69, 9.17) is 10.5 Å². The van der Waals surface area contributed by atoms with Crippen LogP contribution in [-0.4, -0.2) is 6.04 Å². The van der Waals surface area contributed by atoms with Crippen LogP contribution >= 0.6 is 0 Å². The molecule has 2 nitrogen and oxygen atoms in total. The van der Waals surface area contributed by atoms with E-state index in [-0.39, 0.29) is 6.04 Å². The Hall–Kier alpha value is -1.80. The topological polar surface area (TPSA) is 35.2 Å². The molecule has 0 spiro atoms. The molecule has 1 atom stereocenters. The van der Waals surface area contributed by atoms with E-state index in [9.17, 15) is 0 Å². The highest BCUT2D eigenvalue weighted by Crippen LogP contribution is 2.26. The molecule has 0 aliphatic heterocycles. The van der Waals surface area contributed by atoms with Crippen molar-refractivity contribution in [3.63, 3.8) is 0 Å². The standard InChI is InChI=1S/C19H25NO/c1-13-8-9-14(2)18(10-13)12-21-19-15(3)6-5-7-17(19)11-16(4)20/h5-10,16H,11-12,20H2,1-4H3. The Balaban J connectivity index is 2.21. The van der Waals surface area contributed by atoms with Gasteiger partial charge in [0, 0.05) is 6.04 Å². The van der Waals surface area contributed by atoms with Gasteiger partial charge in [0.15, 0.2) is 0 Å². The fourth-order valence-corrected chi connectivity index (χ4v) is 2.53. The first kappa shape index (κ1) is 15.6. The van der Waals surface area contributed by atoms with E-state index in [1.807, 2.05) is 6.92 Å². The molecule has 112 valence electrons. The zero-order valence-corrected chi connectivity index (χ0v) is 13.4. The predicted molar refractivity (Wildman–Crippen MR) is 88.8 cm³/mol. The van der Waals surface area contributed by atoms with Gasteiger partial charge in [0.1, 0.15) is 12.4 Å². The summed E-state index contributed by atoms with van der Waals surface area (Å²) in [5.74, 6) is 0.982. The van der Waals surface area contributed by atoms with Crippen molar-refractivity contribution in [3.8, 4) is 5.75 Å². The minimum absolute atomic E-state index is 0.134. The van der Waals surface area contributed by atoms with Gasteiger partial charge in [0.25, 0.3) is 0 Å². The summed E-state index contributed by atoms with van der Waals surface area (Å²) in [7, 11) is 0. The Bertz CT molecular complexity index is 617. The molecule has 0 fully saturated rings. The summed E-state index contributed by atoms with van der Waals surface area (Å²) in [6.45, 7) is 8.95. The highest BCUT2D eigenvalue weighted by atomic mass is 16.5. The van der Waals surface area contributed by atoms with Gasteiger partial charge in [-0.2, -0.15) is 0 Å². The van der Waals surface area contributed by atoms with E-state index in [0.29, 0.717) is 6.61 Å². The first-order valence-electron chi connectivity index (χ1n) is 7.50. The number of para-hydroxylation sites is 1. The molecule has 1 unspecified atom stereocenters. The number of benzene rings is 2. The lowest BCUT2D eigenvalue weighted by Gasteiger charge is -2.16. The summed E-state index contributed by atoms with van der Waals surface area (Å²) in [4.78, 5) is 0. The molecule has 2 aromatic rings. The van der Waals surface area contributed by atoms with Crippen LogP contribution < -0.4 is 10.5 Å². The average Bonchev–Trinajstić information content (AvgIpc) is 2.41. The lowest BCUT2D eigenvalue weighted by Crippen LogP contribution is -2.18. The zero-order chi connectivity index (χ0) is 15.4. The van der Waals surface area contributed by atoms with E-state index >= 15 is 0 Å². The molecule has 2 aromatic carbocycles. The Morgan fingerprint density at radius 2 is 1.76 bits per heavy atom. The van der Waals surface area contributed by atoms with Crippen molar-refractivity contribution < 1.29 is 4.74 Å². The lowest BCUT2D eigenvalue weighted by molar-refractivity contribution is 0.299. The molecule has 2 heteroatoms. The number of aryl methyl sites for hydroxylation is 3. The third-order valence-electron chi connectivity index (χ3n) is 3.71. The highest BCUT2D eigenvalue weighted by molar-refractivity contribution is 5.41. The Morgan fingerprint density at radius 3 is 2.48 bits per heavy atom. The summed E-state index contributed by atoms with van der Waals surface area (Å²) in [6.07, 6.45) is 0.837. The SMILES string of the molecule is Cc1ccc(C)c(COc2c(C)cccc2CC(C)N)c1. The van der Waals surface area contributed by atoms with Crippen LogP contribution in [0.25, 0.3) is 0 Å². The third-order valence-corrected chi connectivity index (χ3v) is 3.71. The van der Waals surface area contributed by atoms with Gasteiger partial charge in [-0.25, -0.2) is 0 Å². The van der Waals surface area contributed by atoms with Gasteiger partial charge in [0.05, 0.1) is 0 Å². The normalized spacial score (nSPS) is 12.2. The van der Waals surface area contributed by atoms with Gasteiger partial charge in [0.2, 0.25) is 0 Å². The maximum atomic E-state index is 6.14. The monoisotopic (exact) mass is 283 g/mol. The number of nitrogens with two attached hydrogens (primary N) is 1. The molecular weight excluding hydrogens is 258 g/mol. The second-order valence-corrected chi connectivity index (χ2v) is 5.96. The second kappa shape index (κ2) is 6.77. The fraction of sp³-hybridized carbons (Fsp3) is 0.368. The van der Waals surface area contributed by atoms with Crippen molar-refractivity contribution in [2.75, 3.05) is 0 Å². The van der Waals surface area contributed by atoms with E-state index in [2.05, 4.69) is 57.2 Å². The molecule has 0 aromatic heterocycles. The molecule has 2 N–H and O–H groups in total. The molecule has 21 heavy (non-hydrogen) atoms. The molecule has 0 radical (unpaired) electrons. The van der Waals surface area contributed by atoms with Crippen LogP contribution in [0.5, 0.6) is 5.75 Å². The molecule has 2 rings (SSSR count). The van der Waals surface area contributed by atoms with Gasteiger partial charge >= 0.3 is 0 Å². The van der Waals surface area contributed by atoms with Crippen molar-refractivity contribution in [2.24, 2.45) is 5.73 Å². The van der Waals surface area contributed by atoms with Gasteiger partial charge in [-0.3, -0.25) is 0 Å². The maximum absolute atomic E-state index is 6.14. The summed E-state index contributed by atoms with van der Waals surface area (Å²) in [5.41, 5.74) is 12.1. The second-order valence-electron chi connectivity index (χ2n) is 5.96. The van der Waals surface area contributed by atoms with Crippen LogP contribution in [0.4, 0.5) is 0 Å². The van der Waals surface area contributed by atoms with Crippen LogP contribution in [0, 0.1) is 20.8 Å². The fourth-order valence-electron chi connectivity index (χ4n) is 2.53. The van der Waals surface area contributed by atoms with Gasteiger partial charge < -0.3 is 10.5 Å². The number of rotatable bonds is 5. The third kappa shape index (κ3) is 4.08. The zero-order valence-electron chi connectivity index (χ0n) is 13.4. The molecule has 0 aliphatic rings. The largest absolute Gasteiger partial charge is 0.488 e. The highest BCUT2D eigenvalue weighted by Gasteiger charge is 2.10. The molecule has 0 aliphatic carbocycles. The van der Waals surface area contributed by atoms with Crippen LogP contribution in [0.1, 0.15) is 34.7 Å². The van der Waals surface area contributed by atoms with Crippen molar-refractivity contribution in [3.05, 3.63) is 64.2 Å². The number of hydrogen-bond donors (Lipinski definition) is 1. The number of ether oxygens (including phenoxy) is 1. The average molecular weight is 283 g/mol. The van der Waals surface area contributed by atoms with E-state index in [0.717, 1.165) is 12.2 Å². The lowest BCUT2D eigenvalue weighted by atomic mass is 10.0. The summed E-state index contributed by atoms with van der Waals surface area (Å²) in [5, 5.41) is 0. The Morgan fingerprint density at radius 1 is 1.00 bits per heavy atom. The van der Waals surface area contributed by atoms with E-state index < -0.39 is 0 Å². The maximum Gasteiger partial charge on any atom is 0.125 e. The Kier molecular flexibility index (Phi) is 5.03. The van der Waals surface area contributed by atoms with Crippen molar-refractivity contribution in [2.45, 2.75) is 46.8 Å². The quantitative estimate of drug-likeness (QED) is 0.897. The minimum Gasteiger partial charge on any atom is -0.488 e. The minimum atomic E-state index is 0.134. The first-order chi connectivity index (χ1) is 9.97. The molecule has 0 saturated carbocycles. The van der Waals surface area contributed by atoms with Crippen LogP contribution in [0.3, 0.4) is 0 Å². The van der Waals surface area contributed by atoms with Crippen molar-refractivity contribution in [1.82, 2.24) is 0 Å². The molecule has 0 amide bonds. The smallest absolute Gasteiger partial charge is 0.125 e. The van der Waals surface area contributed by atoms with Gasteiger partial charge in [-0.1, -0.05) is 42.0 Å². The first-order valence-corrected chi connectivity index (χ1v) is 7.50. The van der Waals surface area contributed by atoms with Gasteiger partial charge in [-0.15, -0.1) is 0 Å². The van der Waals surface area contributed by atoms with Gasteiger partial charge in [-0.05, 0) is 56.4 Å². The van der Waals surface area contributed by atoms with E-state index in [1.54, 1.807) is 0 Å². The molecule has 0 heterocycles. The van der Waals surface area contributed by atoms with Crippen LogP contribution in [-0.2, 0) is 13.0 Å². The van der Waals surface area contributed by atoms with Crippen molar-refractivity contribution >= 4 is 0 Å². The predicted octanol–water partition coefficient (Wildman–Crippen LogP) is 4.08. The number of hydrogen-bond acceptors (Lipinski definition) is 2. The van der Waals surface area contributed by atoms with Crippen LogP contribution in [0.15, 0.2) is 36.4 Å². The summed E-state index contributed by atoms with van der Waals surface area (Å²) in [6, 6.07) is 12.9. The summed E-state index contributed by atoms with van der Waals surface area (Å²) >= 11 is 0. The van der Waals surface area contributed by atoms with Crippen molar-refractivity contribution in [1.29, 1.82) is 0 Å². The molecule has 0 bridgehead atoms. The van der Waals surface area contributed by atoms with Crippen LogP contribution in [0.2, 0.25) is 0 Å². The summed E-state index contributed by atoms with van der Waals surface area (Å²) < 4.78 is 6.14. The molecule has 0 saturated heterocycles. The Labute approximate surface area is 127 Å².